The number of methoxy groups -OCH3 is 1. The topological polar surface area (TPSA) is 38.5 Å². The van der Waals surface area contributed by atoms with Crippen molar-refractivity contribution in [2.75, 3.05) is 25.6 Å². The van der Waals surface area contributed by atoms with Crippen LogP contribution in [0.1, 0.15) is 29.9 Å². The molecule has 116 valence electrons. The van der Waals surface area contributed by atoms with E-state index >= 15 is 0 Å². The van der Waals surface area contributed by atoms with Crippen LogP contribution in [0.5, 0.6) is 5.75 Å². The Bertz CT molecular complexity index is 654. The molecule has 2 aromatic carbocycles. The number of benzene rings is 2. The quantitative estimate of drug-likeness (QED) is 0.931. The molecule has 0 heterocycles. The van der Waals surface area contributed by atoms with Crippen molar-refractivity contribution in [3.63, 3.8) is 0 Å². The minimum Gasteiger partial charge on any atom is -0.495 e. The van der Waals surface area contributed by atoms with E-state index in [1.807, 2.05) is 18.2 Å². The molecule has 1 aliphatic rings. The number of hydrogen-bond acceptors (Lipinski definition) is 3. The number of nitrogens with two attached hydrogens (primary N) is 1. The molecule has 3 nitrogen and oxygen atoms in total. The Morgan fingerprint density at radius 3 is 2.82 bits per heavy atom. The Morgan fingerprint density at radius 1 is 1.23 bits per heavy atom. The van der Waals surface area contributed by atoms with Crippen LogP contribution in [0.15, 0.2) is 42.5 Å². The molecule has 0 aliphatic heterocycles. The summed E-state index contributed by atoms with van der Waals surface area (Å²) in [5, 5.41) is 0. The summed E-state index contributed by atoms with van der Waals surface area (Å²) in [6.07, 6.45) is 3.60. The molecule has 2 N–H and O–H groups in total. The van der Waals surface area contributed by atoms with Crippen molar-refractivity contribution in [3.05, 3.63) is 53.6 Å². The van der Waals surface area contributed by atoms with Gasteiger partial charge in [-0.1, -0.05) is 18.2 Å². The van der Waals surface area contributed by atoms with E-state index < -0.39 is 0 Å². The number of hydrogen-bond donors (Lipinski definition) is 1. The molecule has 3 rings (SSSR count). The Hall–Kier alpha value is -2.00. The Morgan fingerprint density at radius 2 is 2.05 bits per heavy atom. The lowest BCUT2D eigenvalue weighted by atomic mass is 9.82. The van der Waals surface area contributed by atoms with Crippen molar-refractivity contribution >= 4 is 11.4 Å². The van der Waals surface area contributed by atoms with Crippen molar-refractivity contribution in [1.29, 1.82) is 0 Å². The highest BCUT2D eigenvalue weighted by atomic mass is 16.5. The van der Waals surface area contributed by atoms with E-state index in [1.54, 1.807) is 7.11 Å². The molecule has 0 spiro atoms. The van der Waals surface area contributed by atoms with E-state index in [9.17, 15) is 0 Å². The Kier molecular flexibility index (Phi) is 4.34. The smallest absolute Gasteiger partial charge is 0.142 e. The standard InChI is InChI=1S/C19H24N2O/c1-21(18-8-3-4-9-19(18)22-2)16-10-11-17-14(12-16)6-5-7-15(17)13-20/h3-4,8-12,15H,5-7,13,20H2,1-2H3/t15-/m0/s1. The number of anilines is 2. The average molecular weight is 296 g/mol. The summed E-state index contributed by atoms with van der Waals surface area (Å²) >= 11 is 0. The van der Waals surface area contributed by atoms with Crippen molar-refractivity contribution in [1.82, 2.24) is 0 Å². The van der Waals surface area contributed by atoms with E-state index in [1.165, 1.54) is 29.7 Å². The maximum atomic E-state index is 5.92. The van der Waals surface area contributed by atoms with Gasteiger partial charge in [-0.3, -0.25) is 0 Å². The van der Waals surface area contributed by atoms with Gasteiger partial charge in [0.05, 0.1) is 12.8 Å². The van der Waals surface area contributed by atoms with Gasteiger partial charge in [0.25, 0.3) is 0 Å². The van der Waals surface area contributed by atoms with Crippen LogP contribution in [-0.4, -0.2) is 20.7 Å². The molecule has 0 aromatic heterocycles. The lowest BCUT2D eigenvalue weighted by Crippen LogP contribution is -2.19. The Balaban J connectivity index is 1.95. The minimum absolute atomic E-state index is 0.523. The van der Waals surface area contributed by atoms with Crippen LogP contribution in [0, 0.1) is 0 Å². The van der Waals surface area contributed by atoms with E-state index in [0.29, 0.717) is 5.92 Å². The zero-order valence-corrected chi connectivity index (χ0v) is 13.4. The lowest BCUT2D eigenvalue weighted by Gasteiger charge is -2.27. The van der Waals surface area contributed by atoms with Gasteiger partial charge in [-0.2, -0.15) is 0 Å². The molecule has 3 heteroatoms. The second-order valence-electron chi connectivity index (χ2n) is 5.94. The van der Waals surface area contributed by atoms with Gasteiger partial charge in [-0.25, -0.2) is 0 Å². The molecule has 2 aromatic rings. The van der Waals surface area contributed by atoms with Crippen LogP contribution < -0.4 is 15.4 Å². The summed E-state index contributed by atoms with van der Waals surface area (Å²) in [7, 11) is 3.80. The van der Waals surface area contributed by atoms with Crippen LogP contribution in [0.2, 0.25) is 0 Å². The van der Waals surface area contributed by atoms with Gasteiger partial charge in [0, 0.05) is 12.7 Å². The second-order valence-corrected chi connectivity index (χ2v) is 5.94. The van der Waals surface area contributed by atoms with Crippen LogP contribution in [0.3, 0.4) is 0 Å². The first-order chi connectivity index (χ1) is 10.7. The number of fused-ring (bicyclic) bond motifs is 1. The summed E-state index contributed by atoms with van der Waals surface area (Å²) in [4.78, 5) is 2.19. The van der Waals surface area contributed by atoms with Gasteiger partial charge in [-0.05, 0) is 67.1 Å². The fourth-order valence-electron chi connectivity index (χ4n) is 3.40. The third-order valence-electron chi connectivity index (χ3n) is 4.68. The molecule has 0 bridgehead atoms. The van der Waals surface area contributed by atoms with Gasteiger partial charge in [0.1, 0.15) is 5.75 Å². The van der Waals surface area contributed by atoms with E-state index in [2.05, 4.69) is 36.2 Å². The first-order valence-corrected chi connectivity index (χ1v) is 7.94. The number of para-hydroxylation sites is 2. The normalized spacial score (nSPS) is 17.0. The summed E-state index contributed by atoms with van der Waals surface area (Å²) in [6, 6.07) is 14.9. The fraction of sp³-hybridized carbons (Fsp3) is 0.368. The summed E-state index contributed by atoms with van der Waals surface area (Å²) in [5.41, 5.74) is 11.1. The third kappa shape index (κ3) is 2.69. The number of aryl methyl sites for hydroxylation is 1. The zero-order chi connectivity index (χ0) is 15.5. The summed E-state index contributed by atoms with van der Waals surface area (Å²) in [5.74, 6) is 1.41. The average Bonchev–Trinajstić information content (AvgIpc) is 2.59. The fourth-order valence-corrected chi connectivity index (χ4v) is 3.40. The van der Waals surface area contributed by atoms with E-state index in [-0.39, 0.29) is 0 Å². The maximum Gasteiger partial charge on any atom is 0.142 e. The predicted molar refractivity (Wildman–Crippen MR) is 92.2 cm³/mol. The van der Waals surface area contributed by atoms with Crippen molar-refractivity contribution in [3.8, 4) is 5.75 Å². The molecule has 0 radical (unpaired) electrons. The van der Waals surface area contributed by atoms with Crippen LogP contribution in [0.4, 0.5) is 11.4 Å². The lowest BCUT2D eigenvalue weighted by molar-refractivity contribution is 0.415. The molecular weight excluding hydrogens is 272 g/mol. The van der Waals surface area contributed by atoms with E-state index in [4.69, 9.17) is 10.5 Å². The van der Waals surface area contributed by atoms with Crippen LogP contribution in [0.25, 0.3) is 0 Å². The number of ether oxygens (including phenoxy) is 1. The van der Waals surface area contributed by atoms with Gasteiger partial charge in [0.2, 0.25) is 0 Å². The van der Waals surface area contributed by atoms with Crippen molar-refractivity contribution in [2.45, 2.75) is 25.2 Å². The third-order valence-corrected chi connectivity index (χ3v) is 4.68. The van der Waals surface area contributed by atoms with Crippen LogP contribution in [-0.2, 0) is 6.42 Å². The van der Waals surface area contributed by atoms with Gasteiger partial charge >= 0.3 is 0 Å². The van der Waals surface area contributed by atoms with Gasteiger partial charge < -0.3 is 15.4 Å². The molecule has 1 atom stereocenters. The molecule has 0 saturated carbocycles. The molecule has 0 unspecified atom stereocenters. The molecule has 0 saturated heterocycles. The molecule has 0 amide bonds. The largest absolute Gasteiger partial charge is 0.495 e. The zero-order valence-electron chi connectivity index (χ0n) is 13.4. The molecule has 22 heavy (non-hydrogen) atoms. The monoisotopic (exact) mass is 296 g/mol. The second kappa shape index (κ2) is 6.41. The van der Waals surface area contributed by atoms with Gasteiger partial charge in [0.15, 0.2) is 0 Å². The maximum absolute atomic E-state index is 5.92. The highest BCUT2D eigenvalue weighted by Crippen LogP contribution is 2.36. The molecular formula is C19H24N2O. The summed E-state index contributed by atoms with van der Waals surface area (Å²) in [6.45, 7) is 0.745. The Labute approximate surface area is 132 Å². The molecule has 0 fully saturated rings. The predicted octanol–water partition coefficient (Wildman–Crippen LogP) is 3.84. The highest BCUT2D eigenvalue weighted by molar-refractivity contribution is 5.69. The summed E-state index contributed by atoms with van der Waals surface area (Å²) < 4.78 is 5.48. The highest BCUT2D eigenvalue weighted by Gasteiger charge is 2.20. The van der Waals surface area contributed by atoms with Crippen molar-refractivity contribution < 1.29 is 4.74 Å². The molecule has 1 aliphatic carbocycles. The first kappa shape index (κ1) is 14.9. The number of rotatable bonds is 4. The van der Waals surface area contributed by atoms with Crippen LogP contribution >= 0.6 is 0 Å². The minimum atomic E-state index is 0.523. The SMILES string of the molecule is COc1ccccc1N(C)c1ccc2c(c1)CCC[C@H]2CN. The van der Waals surface area contributed by atoms with Crippen molar-refractivity contribution in [2.24, 2.45) is 5.73 Å². The first-order valence-electron chi connectivity index (χ1n) is 7.94. The number of nitrogens with zero attached hydrogens (tertiary/aromatic N) is 1. The van der Waals surface area contributed by atoms with Gasteiger partial charge in [-0.15, -0.1) is 0 Å². The van der Waals surface area contributed by atoms with E-state index in [0.717, 1.165) is 24.4 Å².